The normalized spacial score (nSPS) is 14.5. The second kappa shape index (κ2) is 15.8. The fourth-order valence-corrected chi connectivity index (χ4v) is 3.11. The average Bonchev–Trinajstić information content (AvgIpc) is 2.59. The first kappa shape index (κ1) is 25.8. The molecule has 0 aromatic heterocycles. The van der Waals surface area contributed by atoms with Crippen molar-refractivity contribution in [2.75, 3.05) is 46.8 Å². The smallest absolute Gasteiger partial charge is 0.217 e. The summed E-state index contributed by atoms with van der Waals surface area (Å²) in [4.78, 5) is 0. The summed E-state index contributed by atoms with van der Waals surface area (Å²) in [5.74, 6) is 0. The van der Waals surface area contributed by atoms with Crippen LogP contribution in [0.5, 0.6) is 0 Å². The molecule has 26 heavy (non-hydrogen) atoms. The Morgan fingerprint density at radius 2 is 1.50 bits per heavy atom. The van der Waals surface area contributed by atoms with Gasteiger partial charge in [-0.25, -0.2) is 8.42 Å². The Kier molecular flexibility index (Phi) is 15.6. The maximum Gasteiger partial charge on any atom is 0.217 e. The Morgan fingerprint density at radius 3 is 2.12 bits per heavy atom. The first-order chi connectivity index (χ1) is 12.4. The Bertz CT molecular complexity index is 396. The van der Waals surface area contributed by atoms with E-state index in [4.69, 9.17) is 14.2 Å². The Labute approximate surface area is 159 Å². The van der Waals surface area contributed by atoms with Gasteiger partial charge in [-0.15, -0.1) is 0 Å². The van der Waals surface area contributed by atoms with Gasteiger partial charge in [-0.3, -0.25) is 4.18 Å². The number of hydrogen-bond donors (Lipinski definition) is 0. The molecule has 0 saturated heterocycles. The van der Waals surface area contributed by atoms with Gasteiger partial charge in [0.2, 0.25) is 10.4 Å². The van der Waals surface area contributed by atoms with E-state index in [1.165, 1.54) is 6.42 Å². The van der Waals surface area contributed by atoms with E-state index in [0.717, 1.165) is 45.1 Å². The van der Waals surface area contributed by atoms with Crippen LogP contribution in [-0.4, -0.2) is 59.7 Å². The van der Waals surface area contributed by atoms with Crippen LogP contribution in [0, 0.1) is 5.41 Å². The summed E-state index contributed by atoms with van der Waals surface area (Å²) in [5.41, 5.74) is -0.651. The molecule has 0 bridgehead atoms. The summed E-state index contributed by atoms with van der Waals surface area (Å²) in [6.45, 7) is 6.56. The summed E-state index contributed by atoms with van der Waals surface area (Å²) in [5, 5.41) is 0. The molecule has 0 heterocycles. The van der Waals surface area contributed by atoms with Crippen LogP contribution in [0.4, 0.5) is 0 Å². The third kappa shape index (κ3) is 14.9. The molecule has 0 saturated carbocycles. The Balaban J connectivity index is 4.56. The first-order valence-corrected chi connectivity index (χ1v) is 11.0. The van der Waals surface area contributed by atoms with Crippen LogP contribution in [0.2, 0.25) is 0 Å². The van der Waals surface area contributed by atoms with Crippen molar-refractivity contribution in [3.63, 3.8) is 0 Å². The van der Waals surface area contributed by atoms with Crippen molar-refractivity contribution < 1.29 is 31.4 Å². The predicted molar refractivity (Wildman–Crippen MR) is 99.9 cm³/mol. The molecule has 0 radical (unpaired) electrons. The Hall–Kier alpha value is -0.250. The van der Waals surface area contributed by atoms with E-state index >= 15 is 0 Å². The minimum Gasteiger partial charge on any atom is -0.726 e. The SMILES string of the molecule is CCCCCCOC[C@@](CCCCOCCC)(COC)COS(=O)(=O)[O-]. The van der Waals surface area contributed by atoms with Gasteiger partial charge in [-0.2, -0.15) is 0 Å². The van der Waals surface area contributed by atoms with Crippen molar-refractivity contribution >= 4 is 10.4 Å². The maximum atomic E-state index is 10.9. The third-order valence-corrected chi connectivity index (χ3v) is 4.51. The van der Waals surface area contributed by atoms with Crippen molar-refractivity contribution in [3.8, 4) is 0 Å². The van der Waals surface area contributed by atoms with Gasteiger partial charge in [0.05, 0.1) is 19.8 Å². The summed E-state index contributed by atoms with van der Waals surface area (Å²) >= 11 is 0. The van der Waals surface area contributed by atoms with Crippen LogP contribution in [0.1, 0.15) is 65.2 Å². The summed E-state index contributed by atoms with van der Waals surface area (Å²) < 4.78 is 53.8. The second-order valence-corrected chi connectivity index (χ2v) is 7.84. The molecule has 0 N–H and O–H groups in total. The lowest BCUT2D eigenvalue weighted by Gasteiger charge is -2.33. The highest BCUT2D eigenvalue weighted by Gasteiger charge is 2.32. The van der Waals surface area contributed by atoms with Gasteiger partial charge in [0, 0.05) is 32.3 Å². The standard InChI is InChI=1S/C18H38O7S/c1-4-6-7-9-14-24-16-18(15-22-3,17-25-26(19,20)21)11-8-10-13-23-12-5-2/h4-17H2,1-3H3,(H,19,20,21)/p-1/t18-/m1/s1. The molecule has 0 aliphatic rings. The van der Waals surface area contributed by atoms with E-state index < -0.39 is 15.8 Å². The fraction of sp³-hybridized carbons (Fsp3) is 1.00. The molecular formula is C18H37O7S-. The maximum absolute atomic E-state index is 10.9. The van der Waals surface area contributed by atoms with Crippen molar-refractivity contribution in [1.82, 2.24) is 0 Å². The third-order valence-electron chi connectivity index (χ3n) is 4.10. The highest BCUT2D eigenvalue weighted by molar-refractivity contribution is 7.80. The monoisotopic (exact) mass is 397 g/mol. The lowest BCUT2D eigenvalue weighted by Crippen LogP contribution is -2.38. The molecule has 0 spiro atoms. The number of hydrogen-bond acceptors (Lipinski definition) is 7. The van der Waals surface area contributed by atoms with E-state index in [0.29, 0.717) is 26.2 Å². The van der Waals surface area contributed by atoms with Gasteiger partial charge < -0.3 is 18.8 Å². The molecule has 0 aromatic carbocycles. The van der Waals surface area contributed by atoms with Crippen LogP contribution < -0.4 is 0 Å². The molecular weight excluding hydrogens is 360 g/mol. The molecule has 0 aliphatic heterocycles. The molecule has 0 aliphatic carbocycles. The van der Waals surface area contributed by atoms with E-state index in [9.17, 15) is 13.0 Å². The van der Waals surface area contributed by atoms with Gasteiger partial charge in [-0.05, 0) is 25.7 Å². The Morgan fingerprint density at radius 1 is 0.808 bits per heavy atom. The minimum absolute atomic E-state index is 0.225. The zero-order valence-electron chi connectivity index (χ0n) is 16.7. The van der Waals surface area contributed by atoms with Crippen LogP contribution in [0.25, 0.3) is 0 Å². The predicted octanol–water partition coefficient (Wildman–Crippen LogP) is 3.29. The van der Waals surface area contributed by atoms with Gasteiger partial charge in [0.25, 0.3) is 0 Å². The molecule has 0 amide bonds. The van der Waals surface area contributed by atoms with Crippen molar-refractivity contribution in [2.45, 2.75) is 65.2 Å². The molecule has 0 aromatic rings. The van der Waals surface area contributed by atoms with Crippen LogP contribution >= 0.6 is 0 Å². The van der Waals surface area contributed by atoms with Gasteiger partial charge in [0.15, 0.2) is 0 Å². The van der Waals surface area contributed by atoms with Gasteiger partial charge >= 0.3 is 0 Å². The second-order valence-electron chi connectivity index (χ2n) is 6.79. The molecule has 8 heteroatoms. The van der Waals surface area contributed by atoms with Crippen molar-refractivity contribution in [1.29, 1.82) is 0 Å². The van der Waals surface area contributed by atoms with Gasteiger partial charge in [0.1, 0.15) is 0 Å². The minimum atomic E-state index is -4.75. The fourth-order valence-electron chi connectivity index (χ4n) is 2.71. The van der Waals surface area contributed by atoms with Crippen LogP contribution in [-0.2, 0) is 28.8 Å². The van der Waals surface area contributed by atoms with E-state index in [1.54, 1.807) is 7.11 Å². The van der Waals surface area contributed by atoms with Crippen LogP contribution in [0.15, 0.2) is 0 Å². The number of ether oxygens (including phenoxy) is 3. The number of methoxy groups -OCH3 is 1. The summed E-state index contributed by atoms with van der Waals surface area (Å²) in [6, 6.07) is 0. The van der Waals surface area contributed by atoms with Crippen molar-refractivity contribution in [3.05, 3.63) is 0 Å². The van der Waals surface area contributed by atoms with E-state index in [1.807, 2.05) is 0 Å². The largest absolute Gasteiger partial charge is 0.726 e. The first-order valence-electron chi connectivity index (χ1n) is 9.64. The summed E-state index contributed by atoms with van der Waals surface area (Å²) in [6.07, 6.45) is 7.68. The highest BCUT2D eigenvalue weighted by Crippen LogP contribution is 2.27. The van der Waals surface area contributed by atoms with Gasteiger partial charge in [-0.1, -0.05) is 39.5 Å². The molecule has 0 fully saturated rings. The molecule has 158 valence electrons. The number of rotatable bonds is 19. The summed E-state index contributed by atoms with van der Waals surface area (Å²) in [7, 11) is -3.20. The lowest BCUT2D eigenvalue weighted by atomic mass is 9.85. The zero-order valence-corrected chi connectivity index (χ0v) is 17.5. The molecule has 1 atom stereocenters. The quantitative estimate of drug-likeness (QED) is 0.187. The topological polar surface area (TPSA) is 94.1 Å². The highest BCUT2D eigenvalue weighted by atomic mass is 32.3. The average molecular weight is 398 g/mol. The zero-order chi connectivity index (χ0) is 19.7. The van der Waals surface area contributed by atoms with E-state index in [2.05, 4.69) is 18.0 Å². The molecule has 0 unspecified atom stereocenters. The number of unbranched alkanes of at least 4 members (excludes halogenated alkanes) is 4. The molecule has 7 nitrogen and oxygen atoms in total. The van der Waals surface area contributed by atoms with Crippen molar-refractivity contribution in [2.24, 2.45) is 5.41 Å². The van der Waals surface area contributed by atoms with E-state index in [-0.39, 0.29) is 13.2 Å². The lowest BCUT2D eigenvalue weighted by molar-refractivity contribution is -0.0418. The molecule has 0 rings (SSSR count). The van der Waals surface area contributed by atoms with Crippen LogP contribution in [0.3, 0.4) is 0 Å².